The minimum absolute atomic E-state index is 0.117. The van der Waals surface area contributed by atoms with Gasteiger partial charge in [-0.25, -0.2) is 8.42 Å². The van der Waals surface area contributed by atoms with Crippen LogP contribution in [0.1, 0.15) is 29.3 Å². The van der Waals surface area contributed by atoms with Crippen molar-refractivity contribution in [1.82, 2.24) is 5.32 Å². The summed E-state index contributed by atoms with van der Waals surface area (Å²) in [5.74, 6) is -0.323. The first kappa shape index (κ1) is 19.4. The standard InChI is InChI=1S/C20H24N2O4S/c1-15(14-26-2)21-20(23)17-8-5-10-18(13-17)27(24,25)22-12-6-9-16-7-3-4-11-19(16)22/h3-5,7-8,10-11,13,15H,6,9,12,14H2,1-2H3,(H,21,23). The number of benzene rings is 2. The van der Waals surface area contributed by atoms with Crippen LogP contribution in [0.2, 0.25) is 0 Å². The van der Waals surface area contributed by atoms with Crippen molar-refractivity contribution in [3.05, 3.63) is 59.7 Å². The Kier molecular flexibility index (Phi) is 5.82. The van der Waals surface area contributed by atoms with Gasteiger partial charge in [-0.15, -0.1) is 0 Å². The molecule has 2 aromatic carbocycles. The fourth-order valence-electron chi connectivity index (χ4n) is 3.27. The quantitative estimate of drug-likeness (QED) is 0.825. The summed E-state index contributed by atoms with van der Waals surface area (Å²) in [5.41, 5.74) is 2.05. The van der Waals surface area contributed by atoms with Crippen molar-refractivity contribution in [2.75, 3.05) is 24.6 Å². The number of ether oxygens (including phenoxy) is 1. The summed E-state index contributed by atoms with van der Waals surface area (Å²) in [7, 11) is -2.18. The van der Waals surface area contributed by atoms with E-state index in [-0.39, 0.29) is 16.8 Å². The highest BCUT2D eigenvalue weighted by Crippen LogP contribution is 2.31. The molecule has 0 saturated carbocycles. The topological polar surface area (TPSA) is 75.7 Å². The number of amides is 1. The van der Waals surface area contributed by atoms with Gasteiger partial charge in [-0.3, -0.25) is 9.10 Å². The first-order valence-electron chi connectivity index (χ1n) is 8.94. The SMILES string of the molecule is COCC(C)NC(=O)c1cccc(S(=O)(=O)N2CCCc3ccccc32)c1. The Morgan fingerprint density at radius 1 is 1.22 bits per heavy atom. The number of carbonyl (C=O) groups is 1. The zero-order valence-electron chi connectivity index (χ0n) is 15.5. The van der Waals surface area contributed by atoms with Gasteiger partial charge in [0.1, 0.15) is 0 Å². The average Bonchev–Trinajstić information content (AvgIpc) is 2.67. The molecule has 7 heteroatoms. The number of rotatable bonds is 6. The third-order valence-electron chi connectivity index (χ3n) is 4.55. The Morgan fingerprint density at radius 3 is 2.78 bits per heavy atom. The number of nitrogens with one attached hydrogen (secondary N) is 1. The number of hydrogen-bond donors (Lipinski definition) is 1. The molecule has 27 heavy (non-hydrogen) atoms. The van der Waals surface area contributed by atoms with E-state index in [9.17, 15) is 13.2 Å². The maximum absolute atomic E-state index is 13.2. The van der Waals surface area contributed by atoms with E-state index in [2.05, 4.69) is 5.32 Å². The molecule has 1 heterocycles. The van der Waals surface area contributed by atoms with Gasteiger partial charge in [0, 0.05) is 25.3 Å². The second-order valence-corrected chi connectivity index (χ2v) is 8.53. The average molecular weight is 388 g/mol. The van der Waals surface area contributed by atoms with Gasteiger partial charge in [0.25, 0.3) is 15.9 Å². The van der Waals surface area contributed by atoms with Crippen LogP contribution in [0.5, 0.6) is 0 Å². The van der Waals surface area contributed by atoms with E-state index in [4.69, 9.17) is 4.74 Å². The number of carbonyl (C=O) groups excluding carboxylic acids is 1. The smallest absolute Gasteiger partial charge is 0.264 e. The second kappa shape index (κ2) is 8.10. The third kappa shape index (κ3) is 4.14. The summed E-state index contributed by atoms with van der Waals surface area (Å²) in [6.07, 6.45) is 1.63. The van der Waals surface area contributed by atoms with Crippen LogP contribution in [0.3, 0.4) is 0 Å². The van der Waals surface area contributed by atoms with Crippen LogP contribution in [0.25, 0.3) is 0 Å². The van der Waals surface area contributed by atoms with E-state index in [1.165, 1.54) is 16.4 Å². The van der Waals surface area contributed by atoms with E-state index in [0.717, 1.165) is 18.4 Å². The molecule has 2 aromatic rings. The van der Waals surface area contributed by atoms with Crippen LogP contribution in [0.4, 0.5) is 5.69 Å². The highest BCUT2D eigenvalue weighted by atomic mass is 32.2. The van der Waals surface area contributed by atoms with Gasteiger partial charge < -0.3 is 10.1 Å². The minimum atomic E-state index is -3.74. The predicted octanol–water partition coefficient (Wildman–Crippen LogP) is 2.59. The molecule has 1 N–H and O–H groups in total. The van der Waals surface area contributed by atoms with Crippen LogP contribution < -0.4 is 9.62 Å². The van der Waals surface area contributed by atoms with Crippen molar-refractivity contribution in [3.63, 3.8) is 0 Å². The lowest BCUT2D eigenvalue weighted by Gasteiger charge is -2.30. The van der Waals surface area contributed by atoms with E-state index >= 15 is 0 Å². The zero-order valence-corrected chi connectivity index (χ0v) is 16.3. The number of para-hydroxylation sites is 1. The van der Waals surface area contributed by atoms with Gasteiger partial charge >= 0.3 is 0 Å². The summed E-state index contributed by atoms with van der Waals surface area (Å²) in [5, 5.41) is 2.80. The van der Waals surface area contributed by atoms with E-state index in [0.29, 0.717) is 24.4 Å². The number of fused-ring (bicyclic) bond motifs is 1. The largest absolute Gasteiger partial charge is 0.383 e. The molecule has 0 aliphatic carbocycles. The molecule has 3 rings (SSSR count). The zero-order chi connectivity index (χ0) is 19.4. The van der Waals surface area contributed by atoms with Gasteiger partial charge in [0.2, 0.25) is 0 Å². The molecule has 6 nitrogen and oxygen atoms in total. The lowest BCUT2D eigenvalue weighted by atomic mass is 10.0. The molecule has 1 unspecified atom stereocenters. The number of nitrogens with zero attached hydrogens (tertiary/aromatic N) is 1. The van der Waals surface area contributed by atoms with Crippen molar-refractivity contribution < 1.29 is 17.9 Å². The Labute approximate surface area is 160 Å². The summed E-state index contributed by atoms with van der Waals surface area (Å²) >= 11 is 0. The first-order chi connectivity index (χ1) is 12.9. The maximum Gasteiger partial charge on any atom is 0.264 e. The number of methoxy groups -OCH3 is 1. The number of hydrogen-bond acceptors (Lipinski definition) is 4. The van der Waals surface area contributed by atoms with Crippen LogP contribution in [-0.2, 0) is 21.2 Å². The molecule has 1 atom stereocenters. The fraction of sp³-hybridized carbons (Fsp3) is 0.350. The van der Waals surface area contributed by atoms with Crippen LogP contribution in [0.15, 0.2) is 53.4 Å². The molecular formula is C20H24N2O4S. The van der Waals surface area contributed by atoms with Gasteiger partial charge in [-0.05, 0) is 49.6 Å². The molecule has 0 saturated heterocycles. The van der Waals surface area contributed by atoms with Crippen molar-refractivity contribution in [2.45, 2.75) is 30.7 Å². The molecule has 144 valence electrons. The lowest BCUT2D eigenvalue weighted by molar-refractivity contribution is 0.0905. The summed E-state index contributed by atoms with van der Waals surface area (Å²) in [4.78, 5) is 12.5. The van der Waals surface area contributed by atoms with Crippen LogP contribution >= 0.6 is 0 Å². The summed E-state index contributed by atoms with van der Waals surface area (Å²) < 4.78 is 32.9. The molecule has 1 amide bonds. The maximum atomic E-state index is 13.2. The third-order valence-corrected chi connectivity index (χ3v) is 6.36. The Hall–Kier alpha value is -2.38. The molecule has 0 spiro atoms. The summed E-state index contributed by atoms with van der Waals surface area (Å²) in [6, 6.07) is 13.5. The monoisotopic (exact) mass is 388 g/mol. The molecule has 1 aliphatic rings. The van der Waals surface area contributed by atoms with Crippen molar-refractivity contribution in [2.24, 2.45) is 0 Å². The lowest BCUT2D eigenvalue weighted by Crippen LogP contribution is -2.36. The second-order valence-electron chi connectivity index (χ2n) is 6.67. The molecular weight excluding hydrogens is 364 g/mol. The molecule has 0 aromatic heterocycles. The first-order valence-corrected chi connectivity index (χ1v) is 10.4. The Morgan fingerprint density at radius 2 is 2.00 bits per heavy atom. The minimum Gasteiger partial charge on any atom is -0.383 e. The number of aryl methyl sites for hydroxylation is 1. The highest BCUT2D eigenvalue weighted by molar-refractivity contribution is 7.92. The van der Waals surface area contributed by atoms with Gasteiger partial charge in [-0.1, -0.05) is 24.3 Å². The van der Waals surface area contributed by atoms with Crippen LogP contribution in [-0.4, -0.2) is 40.6 Å². The Bertz CT molecular complexity index is 927. The fourth-order valence-corrected chi connectivity index (χ4v) is 4.86. The van der Waals surface area contributed by atoms with Crippen molar-refractivity contribution in [3.8, 4) is 0 Å². The molecule has 0 radical (unpaired) electrons. The normalized spacial score (nSPS) is 15.1. The summed E-state index contributed by atoms with van der Waals surface area (Å²) in [6.45, 7) is 2.64. The molecule has 0 fully saturated rings. The van der Waals surface area contributed by atoms with Crippen molar-refractivity contribution in [1.29, 1.82) is 0 Å². The van der Waals surface area contributed by atoms with Gasteiger partial charge in [-0.2, -0.15) is 0 Å². The highest BCUT2D eigenvalue weighted by Gasteiger charge is 2.29. The number of sulfonamides is 1. The Balaban J connectivity index is 1.89. The predicted molar refractivity (Wildman–Crippen MR) is 105 cm³/mol. The molecule has 1 aliphatic heterocycles. The van der Waals surface area contributed by atoms with Crippen molar-refractivity contribution >= 4 is 21.6 Å². The van der Waals surface area contributed by atoms with Crippen LogP contribution in [0, 0.1) is 0 Å². The van der Waals surface area contributed by atoms with E-state index < -0.39 is 10.0 Å². The number of anilines is 1. The van der Waals surface area contributed by atoms with E-state index in [1.807, 2.05) is 31.2 Å². The van der Waals surface area contributed by atoms with Gasteiger partial charge in [0.15, 0.2) is 0 Å². The van der Waals surface area contributed by atoms with E-state index in [1.54, 1.807) is 19.2 Å². The molecule has 0 bridgehead atoms. The van der Waals surface area contributed by atoms with Gasteiger partial charge in [0.05, 0.1) is 17.2 Å².